The number of carbonyl (C=O) groups excluding carboxylic acids is 2. The fraction of sp³-hybridized carbons (Fsp3) is 0.474. The molecule has 2 aliphatic rings. The number of hydrogen-bond acceptors (Lipinski definition) is 4. The normalized spacial score (nSPS) is 19.4. The third-order valence-electron chi connectivity index (χ3n) is 4.84. The predicted octanol–water partition coefficient (Wildman–Crippen LogP) is 3.29. The zero-order valence-electron chi connectivity index (χ0n) is 14.9. The van der Waals surface area contributed by atoms with E-state index in [9.17, 15) is 14.0 Å². The summed E-state index contributed by atoms with van der Waals surface area (Å²) in [4.78, 5) is 25.5. The summed E-state index contributed by atoms with van der Waals surface area (Å²) in [6.07, 6.45) is 3.10. The maximum atomic E-state index is 13.3. The Kier molecular flexibility index (Phi) is 6.21. The minimum atomic E-state index is -0.604. The van der Waals surface area contributed by atoms with Gasteiger partial charge in [-0.3, -0.25) is 4.79 Å². The SMILES string of the molecule is C=C(CCNC(=O)COc1ccc(Cl)c(F)c1)[C@H]1CN(C2CCC2)C(=O)O1. The lowest BCUT2D eigenvalue weighted by Crippen LogP contribution is -2.41. The Balaban J connectivity index is 1.35. The number of cyclic esters (lactones) is 1. The van der Waals surface area contributed by atoms with E-state index in [0.29, 0.717) is 25.6 Å². The van der Waals surface area contributed by atoms with Crippen LogP contribution in [0.3, 0.4) is 0 Å². The Bertz CT molecular complexity index is 738. The van der Waals surface area contributed by atoms with Crippen molar-refractivity contribution in [1.82, 2.24) is 10.2 Å². The average molecular weight is 397 g/mol. The molecule has 2 fully saturated rings. The standard InChI is InChI=1S/C19H22ClFN2O4/c1-12(17-10-23(19(25)27-17)13-3-2-4-13)7-8-22-18(24)11-26-14-5-6-15(20)16(21)9-14/h5-6,9,13,17H,1-4,7-8,10-11H2,(H,22,24)/t17-/m1/s1. The molecule has 146 valence electrons. The van der Waals surface area contributed by atoms with Gasteiger partial charge in [0.15, 0.2) is 6.61 Å². The van der Waals surface area contributed by atoms with Gasteiger partial charge in [0.25, 0.3) is 5.91 Å². The number of amides is 2. The third-order valence-corrected chi connectivity index (χ3v) is 5.15. The van der Waals surface area contributed by atoms with Crippen LogP contribution in [0.15, 0.2) is 30.4 Å². The Labute approximate surface area is 162 Å². The molecular formula is C19H22ClFN2O4. The average Bonchev–Trinajstić information content (AvgIpc) is 2.96. The highest BCUT2D eigenvalue weighted by molar-refractivity contribution is 6.30. The van der Waals surface area contributed by atoms with E-state index in [2.05, 4.69) is 11.9 Å². The van der Waals surface area contributed by atoms with E-state index in [1.165, 1.54) is 12.1 Å². The van der Waals surface area contributed by atoms with Crippen LogP contribution in [0.1, 0.15) is 25.7 Å². The van der Waals surface area contributed by atoms with Crippen LogP contribution in [0.5, 0.6) is 5.75 Å². The van der Waals surface area contributed by atoms with Crippen molar-refractivity contribution in [2.45, 2.75) is 37.8 Å². The molecule has 27 heavy (non-hydrogen) atoms. The van der Waals surface area contributed by atoms with Crippen molar-refractivity contribution in [2.75, 3.05) is 19.7 Å². The molecule has 0 spiro atoms. The van der Waals surface area contributed by atoms with Crippen LogP contribution in [0.2, 0.25) is 5.02 Å². The van der Waals surface area contributed by atoms with Crippen molar-refractivity contribution < 1.29 is 23.5 Å². The Morgan fingerprint density at radius 2 is 2.22 bits per heavy atom. The molecule has 1 aromatic rings. The lowest BCUT2D eigenvalue weighted by Gasteiger charge is -2.32. The molecule has 1 heterocycles. The van der Waals surface area contributed by atoms with Crippen LogP contribution in [-0.4, -0.2) is 48.7 Å². The first-order valence-electron chi connectivity index (χ1n) is 8.93. The van der Waals surface area contributed by atoms with Crippen molar-refractivity contribution >= 4 is 23.6 Å². The summed E-state index contributed by atoms with van der Waals surface area (Å²) in [6.45, 7) is 4.63. The van der Waals surface area contributed by atoms with E-state index in [-0.39, 0.29) is 35.5 Å². The molecule has 1 saturated carbocycles. The first-order chi connectivity index (χ1) is 12.9. The molecule has 6 nitrogen and oxygen atoms in total. The highest BCUT2D eigenvalue weighted by Crippen LogP contribution is 2.30. The predicted molar refractivity (Wildman–Crippen MR) is 98.3 cm³/mol. The molecule has 3 rings (SSSR count). The molecule has 0 unspecified atom stereocenters. The number of rotatable bonds is 8. The van der Waals surface area contributed by atoms with E-state index in [0.717, 1.165) is 30.9 Å². The number of hydrogen-bond donors (Lipinski definition) is 1. The highest BCUT2D eigenvalue weighted by Gasteiger charge is 2.39. The van der Waals surface area contributed by atoms with Crippen LogP contribution < -0.4 is 10.1 Å². The number of carbonyl (C=O) groups is 2. The number of halogens is 2. The molecule has 1 aliphatic carbocycles. The molecule has 0 bridgehead atoms. The first-order valence-corrected chi connectivity index (χ1v) is 9.31. The highest BCUT2D eigenvalue weighted by atomic mass is 35.5. The van der Waals surface area contributed by atoms with Gasteiger partial charge in [-0.05, 0) is 43.4 Å². The molecule has 0 radical (unpaired) electrons. The van der Waals surface area contributed by atoms with E-state index >= 15 is 0 Å². The maximum absolute atomic E-state index is 13.3. The summed E-state index contributed by atoms with van der Waals surface area (Å²) in [7, 11) is 0. The summed E-state index contributed by atoms with van der Waals surface area (Å²) < 4.78 is 23.9. The van der Waals surface area contributed by atoms with E-state index in [4.69, 9.17) is 21.1 Å². The number of nitrogens with one attached hydrogen (secondary N) is 1. The lowest BCUT2D eigenvalue weighted by atomic mass is 9.91. The van der Waals surface area contributed by atoms with Crippen LogP contribution in [0.4, 0.5) is 9.18 Å². The monoisotopic (exact) mass is 396 g/mol. The second-order valence-electron chi connectivity index (χ2n) is 6.73. The summed E-state index contributed by atoms with van der Waals surface area (Å²) in [5.74, 6) is -0.712. The second-order valence-corrected chi connectivity index (χ2v) is 7.14. The largest absolute Gasteiger partial charge is 0.484 e. The second kappa shape index (κ2) is 8.61. The van der Waals surface area contributed by atoms with Gasteiger partial charge >= 0.3 is 6.09 Å². The van der Waals surface area contributed by atoms with Crippen molar-refractivity contribution in [3.8, 4) is 5.75 Å². The minimum Gasteiger partial charge on any atom is -0.484 e. The number of nitrogens with zero attached hydrogens (tertiary/aromatic N) is 1. The first kappa shape index (κ1) is 19.5. The number of benzene rings is 1. The molecule has 2 amide bonds. The van der Waals surface area contributed by atoms with Crippen LogP contribution >= 0.6 is 11.6 Å². The Morgan fingerprint density at radius 1 is 1.44 bits per heavy atom. The van der Waals surface area contributed by atoms with Gasteiger partial charge in [-0.2, -0.15) is 0 Å². The summed E-state index contributed by atoms with van der Waals surface area (Å²) in [6, 6.07) is 4.27. The molecule has 0 aromatic heterocycles. The van der Waals surface area contributed by atoms with Crippen molar-refractivity contribution in [1.29, 1.82) is 0 Å². The van der Waals surface area contributed by atoms with Gasteiger partial charge in [0, 0.05) is 18.7 Å². The van der Waals surface area contributed by atoms with Crippen LogP contribution in [0.25, 0.3) is 0 Å². The Hall–Kier alpha value is -2.28. The Morgan fingerprint density at radius 3 is 2.89 bits per heavy atom. The van der Waals surface area contributed by atoms with Crippen LogP contribution in [-0.2, 0) is 9.53 Å². The smallest absolute Gasteiger partial charge is 0.410 e. The fourth-order valence-corrected chi connectivity index (χ4v) is 3.10. The lowest BCUT2D eigenvalue weighted by molar-refractivity contribution is -0.123. The van der Waals surface area contributed by atoms with Crippen molar-refractivity contribution in [3.63, 3.8) is 0 Å². The molecule has 1 saturated heterocycles. The molecule has 1 aromatic carbocycles. The van der Waals surface area contributed by atoms with Gasteiger partial charge in [-0.15, -0.1) is 0 Å². The molecule has 1 aliphatic heterocycles. The summed E-state index contributed by atoms with van der Waals surface area (Å²) in [5.41, 5.74) is 0.770. The zero-order valence-corrected chi connectivity index (χ0v) is 15.6. The molecule has 1 atom stereocenters. The van der Waals surface area contributed by atoms with Crippen molar-refractivity contribution in [2.24, 2.45) is 0 Å². The van der Waals surface area contributed by atoms with E-state index < -0.39 is 5.82 Å². The zero-order chi connectivity index (χ0) is 19.4. The van der Waals surface area contributed by atoms with Crippen LogP contribution in [0, 0.1) is 5.82 Å². The molecule has 8 heteroatoms. The maximum Gasteiger partial charge on any atom is 0.410 e. The van der Waals surface area contributed by atoms with E-state index in [1.807, 2.05) is 0 Å². The summed E-state index contributed by atoms with van der Waals surface area (Å²) in [5, 5.41) is 2.70. The quantitative estimate of drug-likeness (QED) is 0.685. The van der Waals surface area contributed by atoms with Gasteiger partial charge in [0.1, 0.15) is 17.7 Å². The molecule has 1 N–H and O–H groups in total. The minimum absolute atomic E-state index is 0.00574. The van der Waals surface area contributed by atoms with Gasteiger partial charge in [-0.1, -0.05) is 18.2 Å². The van der Waals surface area contributed by atoms with Gasteiger partial charge in [-0.25, -0.2) is 9.18 Å². The number of ether oxygens (including phenoxy) is 2. The fourth-order valence-electron chi connectivity index (χ4n) is 2.98. The van der Waals surface area contributed by atoms with Crippen molar-refractivity contribution in [3.05, 3.63) is 41.2 Å². The van der Waals surface area contributed by atoms with Gasteiger partial charge < -0.3 is 19.7 Å². The summed E-state index contributed by atoms with van der Waals surface area (Å²) >= 11 is 5.59. The topological polar surface area (TPSA) is 67.9 Å². The molecular weight excluding hydrogens is 375 g/mol. The third kappa shape index (κ3) is 4.91. The van der Waals surface area contributed by atoms with Gasteiger partial charge in [0.2, 0.25) is 0 Å². The van der Waals surface area contributed by atoms with E-state index in [1.54, 1.807) is 4.90 Å². The van der Waals surface area contributed by atoms with Gasteiger partial charge in [0.05, 0.1) is 11.6 Å².